The van der Waals surface area contributed by atoms with Crippen molar-refractivity contribution >= 4 is 5.69 Å². The summed E-state index contributed by atoms with van der Waals surface area (Å²) in [5.41, 5.74) is 4.57. The Morgan fingerprint density at radius 2 is 2.38 bits per heavy atom. The number of nitrogens with two attached hydrogens (primary N) is 1. The van der Waals surface area contributed by atoms with E-state index in [-0.39, 0.29) is 0 Å². The number of nitrogens with one attached hydrogen (secondary N) is 1. The number of hydrogen-bond donors (Lipinski definition) is 2. The summed E-state index contributed by atoms with van der Waals surface area (Å²) in [5, 5.41) is 0. The fourth-order valence-electron chi connectivity index (χ4n) is 1.84. The standard InChI is InChI=1S/C11H18N4O/c12-14-10-2-3-13-11(8-10)9-15-4-1-6-16-7-5-15/h2-3,8H,1,4-7,9,12H2,(H,13,14). The van der Waals surface area contributed by atoms with E-state index >= 15 is 0 Å². The van der Waals surface area contributed by atoms with Gasteiger partial charge in [-0.3, -0.25) is 15.7 Å². The number of aromatic nitrogens is 1. The van der Waals surface area contributed by atoms with Crippen LogP contribution in [0.25, 0.3) is 0 Å². The van der Waals surface area contributed by atoms with Crippen molar-refractivity contribution in [3.8, 4) is 0 Å². The van der Waals surface area contributed by atoms with E-state index in [1.807, 2.05) is 12.1 Å². The van der Waals surface area contributed by atoms with Crippen LogP contribution in [0.4, 0.5) is 5.69 Å². The van der Waals surface area contributed by atoms with E-state index in [1.165, 1.54) is 0 Å². The van der Waals surface area contributed by atoms with E-state index in [0.717, 1.165) is 50.7 Å². The summed E-state index contributed by atoms with van der Waals surface area (Å²) in [6.07, 6.45) is 2.87. The molecule has 1 aromatic heterocycles. The van der Waals surface area contributed by atoms with Gasteiger partial charge < -0.3 is 10.2 Å². The molecular weight excluding hydrogens is 204 g/mol. The Hall–Kier alpha value is -1.17. The molecule has 0 atom stereocenters. The first-order chi connectivity index (χ1) is 7.88. The Labute approximate surface area is 95.6 Å². The smallest absolute Gasteiger partial charge is 0.0593 e. The lowest BCUT2D eigenvalue weighted by atomic mass is 10.3. The molecule has 1 aliphatic heterocycles. The first-order valence-electron chi connectivity index (χ1n) is 5.60. The molecule has 2 heterocycles. The van der Waals surface area contributed by atoms with Crippen LogP contribution in [0.1, 0.15) is 12.1 Å². The number of ether oxygens (including phenoxy) is 1. The van der Waals surface area contributed by atoms with E-state index < -0.39 is 0 Å². The SMILES string of the molecule is NNc1ccnc(CN2CCCOCC2)c1. The van der Waals surface area contributed by atoms with E-state index in [4.69, 9.17) is 10.6 Å². The third-order valence-electron chi connectivity index (χ3n) is 2.68. The van der Waals surface area contributed by atoms with Gasteiger partial charge in [0, 0.05) is 32.4 Å². The monoisotopic (exact) mass is 222 g/mol. The van der Waals surface area contributed by atoms with Crippen molar-refractivity contribution in [2.24, 2.45) is 5.84 Å². The van der Waals surface area contributed by atoms with Crippen molar-refractivity contribution in [2.45, 2.75) is 13.0 Å². The molecule has 0 saturated carbocycles. The molecule has 0 unspecified atom stereocenters. The van der Waals surface area contributed by atoms with Crippen molar-refractivity contribution in [3.05, 3.63) is 24.0 Å². The molecular formula is C11H18N4O. The molecule has 0 spiro atoms. The van der Waals surface area contributed by atoms with Gasteiger partial charge in [0.05, 0.1) is 18.0 Å². The molecule has 5 heteroatoms. The Bertz CT molecular complexity index is 324. The largest absolute Gasteiger partial charge is 0.380 e. The zero-order valence-electron chi connectivity index (χ0n) is 9.35. The lowest BCUT2D eigenvalue weighted by Crippen LogP contribution is -2.26. The van der Waals surface area contributed by atoms with Gasteiger partial charge in [-0.1, -0.05) is 0 Å². The molecule has 1 aliphatic rings. The molecule has 5 nitrogen and oxygen atoms in total. The first kappa shape index (κ1) is 11.3. The molecule has 1 fully saturated rings. The van der Waals surface area contributed by atoms with Gasteiger partial charge in [-0.05, 0) is 18.6 Å². The molecule has 1 saturated heterocycles. The lowest BCUT2D eigenvalue weighted by molar-refractivity contribution is 0.140. The molecule has 16 heavy (non-hydrogen) atoms. The summed E-state index contributed by atoms with van der Waals surface area (Å²) in [7, 11) is 0. The van der Waals surface area contributed by atoms with Gasteiger partial charge in [0.25, 0.3) is 0 Å². The molecule has 2 rings (SSSR count). The second-order valence-corrected chi connectivity index (χ2v) is 3.92. The second-order valence-electron chi connectivity index (χ2n) is 3.92. The van der Waals surface area contributed by atoms with Crippen LogP contribution in [0.15, 0.2) is 18.3 Å². The predicted molar refractivity (Wildman–Crippen MR) is 62.8 cm³/mol. The lowest BCUT2D eigenvalue weighted by Gasteiger charge is -2.18. The first-order valence-corrected chi connectivity index (χ1v) is 5.60. The van der Waals surface area contributed by atoms with Gasteiger partial charge in [0.15, 0.2) is 0 Å². The zero-order valence-corrected chi connectivity index (χ0v) is 9.35. The van der Waals surface area contributed by atoms with Gasteiger partial charge in [-0.2, -0.15) is 0 Å². The van der Waals surface area contributed by atoms with Crippen LogP contribution in [-0.4, -0.2) is 36.2 Å². The van der Waals surface area contributed by atoms with Crippen LogP contribution in [0, 0.1) is 0 Å². The molecule has 0 aliphatic carbocycles. The maximum atomic E-state index is 5.41. The maximum absolute atomic E-state index is 5.41. The van der Waals surface area contributed by atoms with Crippen LogP contribution in [0.5, 0.6) is 0 Å². The highest BCUT2D eigenvalue weighted by atomic mass is 16.5. The Morgan fingerprint density at radius 1 is 1.44 bits per heavy atom. The highest BCUT2D eigenvalue weighted by molar-refractivity contribution is 5.41. The van der Waals surface area contributed by atoms with E-state index in [2.05, 4.69) is 15.3 Å². The molecule has 0 aromatic carbocycles. The molecule has 88 valence electrons. The van der Waals surface area contributed by atoms with Gasteiger partial charge in [-0.25, -0.2) is 0 Å². The average molecular weight is 222 g/mol. The minimum Gasteiger partial charge on any atom is -0.380 e. The van der Waals surface area contributed by atoms with E-state index in [1.54, 1.807) is 6.20 Å². The molecule has 3 N–H and O–H groups in total. The van der Waals surface area contributed by atoms with Crippen LogP contribution in [-0.2, 0) is 11.3 Å². The van der Waals surface area contributed by atoms with Gasteiger partial charge in [0.2, 0.25) is 0 Å². The summed E-state index contributed by atoms with van der Waals surface area (Å²) < 4.78 is 5.41. The molecule has 0 radical (unpaired) electrons. The number of hydrogen-bond acceptors (Lipinski definition) is 5. The van der Waals surface area contributed by atoms with Crippen LogP contribution in [0.3, 0.4) is 0 Å². The fraction of sp³-hybridized carbons (Fsp3) is 0.545. The molecule has 1 aromatic rings. The van der Waals surface area contributed by atoms with Crippen molar-refractivity contribution in [1.82, 2.24) is 9.88 Å². The fourth-order valence-corrected chi connectivity index (χ4v) is 1.84. The summed E-state index contributed by atoms with van der Waals surface area (Å²) >= 11 is 0. The topological polar surface area (TPSA) is 63.4 Å². The average Bonchev–Trinajstić information content (AvgIpc) is 2.58. The summed E-state index contributed by atoms with van der Waals surface area (Å²) in [6.45, 7) is 4.59. The summed E-state index contributed by atoms with van der Waals surface area (Å²) in [5.74, 6) is 5.37. The van der Waals surface area contributed by atoms with Crippen molar-refractivity contribution < 1.29 is 4.74 Å². The van der Waals surface area contributed by atoms with Crippen molar-refractivity contribution in [2.75, 3.05) is 31.7 Å². The Balaban J connectivity index is 1.96. The summed E-state index contributed by atoms with van der Waals surface area (Å²) in [4.78, 5) is 6.69. The number of pyridine rings is 1. The third-order valence-corrected chi connectivity index (χ3v) is 2.68. The van der Waals surface area contributed by atoms with Gasteiger partial charge >= 0.3 is 0 Å². The van der Waals surface area contributed by atoms with Gasteiger partial charge in [-0.15, -0.1) is 0 Å². The highest BCUT2D eigenvalue weighted by Gasteiger charge is 2.10. The van der Waals surface area contributed by atoms with E-state index in [0.29, 0.717) is 0 Å². The number of hydrazine groups is 1. The number of rotatable bonds is 3. The second kappa shape index (κ2) is 5.79. The van der Waals surface area contributed by atoms with Crippen LogP contribution < -0.4 is 11.3 Å². The van der Waals surface area contributed by atoms with Crippen molar-refractivity contribution in [3.63, 3.8) is 0 Å². The minimum atomic E-state index is 0.814. The quantitative estimate of drug-likeness (QED) is 0.579. The number of nitrogens with zero attached hydrogens (tertiary/aromatic N) is 2. The normalized spacial score (nSPS) is 18.1. The number of nitrogen functional groups attached to an aromatic ring is 1. The Morgan fingerprint density at radius 3 is 3.25 bits per heavy atom. The molecule has 0 bridgehead atoms. The zero-order chi connectivity index (χ0) is 11.2. The number of anilines is 1. The van der Waals surface area contributed by atoms with Crippen LogP contribution in [0.2, 0.25) is 0 Å². The Kier molecular flexibility index (Phi) is 4.10. The minimum absolute atomic E-state index is 0.814. The van der Waals surface area contributed by atoms with Gasteiger partial charge in [0.1, 0.15) is 0 Å². The van der Waals surface area contributed by atoms with E-state index in [9.17, 15) is 0 Å². The summed E-state index contributed by atoms with van der Waals surface area (Å²) in [6, 6.07) is 3.83. The maximum Gasteiger partial charge on any atom is 0.0593 e. The van der Waals surface area contributed by atoms with Crippen LogP contribution >= 0.6 is 0 Å². The predicted octanol–water partition coefficient (Wildman–Crippen LogP) is 0.589. The third kappa shape index (κ3) is 3.16. The highest BCUT2D eigenvalue weighted by Crippen LogP contribution is 2.10. The van der Waals surface area contributed by atoms with Crippen molar-refractivity contribution in [1.29, 1.82) is 0 Å². The molecule has 0 amide bonds.